The van der Waals surface area contributed by atoms with Crippen LogP contribution in [0.2, 0.25) is 5.02 Å². The van der Waals surface area contributed by atoms with Crippen LogP contribution >= 0.6 is 11.6 Å². The number of anilines is 1. The number of amides is 2. The minimum absolute atomic E-state index is 0.281. The predicted octanol–water partition coefficient (Wildman–Crippen LogP) is 5.47. The van der Waals surface area contributed by atoms with E-state index in [4.69, 9.17) is 21.1 Å². The summed E-state index contributed by atoms with van der Waals surface area (Å²) >= 11 is 6.21. The Kier molecular flexibility index (Phi) is 7.71. The van der Waals surface area contributed by atoms with Crippen molar-refractivity contribution in [3.05, 3.63) is 74.3 Å². The van der Waals surface area contributed by atoms with Gasteiger partial charge in [0.15, 0.2) is 0 Å². The Morgan fingerprint density at radius 2 is 1.88 bits per heavy atom. The van der Waals surface area contributed by atoms with Crippen molar-refractivity contribution >= 4 is 34.9 Å². The van der Waals surface area contributed by atoms with Crippen LogP contribution in [0.3, 0.4) is 0 Å². The van der Waals surface area contributed by atoms with E-state index in [2.05, 4.69) is 0 Å². The topological polar surface area (TPSA) is 99.0 Å². The van der Waals surface area contributed by atoms with Crippen LogP contribution in [0.15, 0.2) is 48.0 Å². The first-order valence-electron chi connectivity index (χ1n) is 10.5. The lowest BCUT2D eigenvalue weighted by atomic mass is 9.86. The molecule has 0 spiro atoms. The van der Waals surface area contributed by atoms with Crippen molar-refractivity contribution < 1.29 is 24.0 Å². The summed E-state index contributed by atoms with van der Waals surface area (Å²) in [6.45, 7) is 1.66. The average Bonchev–Trinajstić information content (AvgIpc) is 3.08. The third-order valence-corrected chi connectivity index (χ3v) is 5.83. The quantitative estimate of drug-likeness (QED) is 0.287. The maximum atomic E-state index is 13.4. The lowest BCUT2D eigenvalue weighted by Gasteiger charge is -2.18. The lowest BCUT2D eigenvalue weighted by molar-refractivity contribution is -0.483. The third-order valence-electron chi connectivity index (χ3n) is 5.60. The molecule has 0 saturated heterocycles. The van der Waals surface area contributed by atoms with Gasteiger partial charge in [0.2, 0.25) is 6.54 Å². The number of carbonyl (C=O) groups excluding carboxylic acids is 2. The van der Waals surface area contributed by atoms with E-state index in [1.807, 2.05) is 6.92 Å². The van der Waals surface area contributed by atoms with Gasteiger partial charge in [-0.25, -0.2) is 9.69 Å². The maximum Gasteiger partial charge on any atom is 0.421 e. The molecule has 0 radical (unpaired) electrons. The molecule has 0 unspecified atom stereocenters. The van der Waals surface area contributed by atoms with E-state index in [1.54, 1.807) is 49.6 Å². The van der Waals surface area contributed by atoms with Crippen molar-refractivity contribution in [2.75, 3.05) is 25.7 Å². The van der Waals surface area contributed by atoms with Gasteiger partial charge in [0.25, 0.3) is 5.91 Å². The third kappa shape index (κ3) is 5.17. The van der Waals surface area contributed by atoms with Gasteiger partial charge in [-0.05, 0) is 48.7 Å². The van der Waals surface area contributed by atoms with Gasteiger partial charge in [-0.1, -0.05) is 42.7 Å². The molecule has 0 saturated carbocycles. The normalized spacial score (nSPS) is 15.2. The summed E-state index contributed by atoms with van der Waals surface area (Å²) < 4.78 is 10.0. The summed E-state index contributed by atoms with van der Waals surface area (Å²) in [5, 5.41) is 11.9. The molecule has 1 atom stereocenters. The Hall–Kier alpha value is -3.39. The molecule has 2 aromatic rings. The monoisotopic (exact) mass is 472 g/mol. The minimum Gasteiger partial charge on any atom is -0.497 e. The van der Waals surface area contributed by atoms with Crippen LogP contribution in [-0.2, 0) is 9.53 Å². The van der Waals surface area contributed by atoms with Crippen molar-refractivity contribution in [1.82, 2.24) is 0 Å². The largest absolute Gasteiger partial charge is 0.497 e. The number of hydrogen-bond acceptors (Lipinski definition) is 6. The Labute approximate surface area is 196 Å². The number of carbonyl (C=O) groups is 2. The molecule has 174 valence electrons. The smallest absolute Gasteiger partial charge is 0.421 e. The molecule has 0 N–H and O–H groups in total. The van der Waals surface area contributed by atoms with Crippen molar-refractivity contribution in [1.29, 1.82) is 0 Å². The van der Waals surface area contributed by atoms with Crippen LogP contribution in [0.4, 0.5) is 10.5 Å². The highest BCUT2D eigenvalue weighted by Gasteiger charge is 2.39. The second-order valence-corrected chi connectivity index (χ2v) is 8.13. The average molecular weight is 473 g/mol. The summed E-state index contributed by atoms with van der Waals surface area (Å²) in [5.41, 5.74) is 2.76. The molecule has 0 aliphatic carbocycles. The predicted molar refractivity (Wildman–Crippen MR) is 125 cm³/mol. The second-order valence-electron chi connectivity index (χ2n) is 7.69. The summed E-state index contributed by atoms with van der Waals surface area (Å²) in [5.74, 6) is -0.339. The fraction of sp³-hybridized carbons (Fsp3) is 0.333. The number of allylic oxidation sites excluding steroid dienone is 1. The highest BCUT2D eigenvalue weighted by Crippen LogP contribution is 2.43. The number of benzene rings is 2. The van der Waals surface area contributed by atoms with Crippen molar-refractivity contribution in [3.8, 4) is 5.75 Å². The number of fused-ring (bicyclic) bond motifs is 1. The van der Waals surface area contributed by atoms with Crippen molar-refractivity contribution in [3.63, 3.8) is 0 Å². The van der Waals surface area contributed by atoms with Gasteiger partial charge < -0.3 is 9.47 Å². The number of ether oxygens (including phenoxy) is 2. The summed E-state index contributed by atoms with van der Waals surface area (Å²) in [6.07, 6.45) is 0.732. The number of imide groups is 1. The van der Waals surface area contributed by atoms with Gasteiger partial charge in [-0.2, -0.15) is 0 Å². The Morgan fingerprint density at radius 3 is 2.45 bits per heavy atom. The van der Waals surface area contributed by atoms with Gasteiger partial charge >= 0.3 is 6.09 Å². The van der Waals surface area contributed by atoms with Crippen LogP contribution in [0.1, 0.15) is 43.2 Å². The first kappa shape index (κ1) is 24.3. The lowest BCUT2D eigenvalue weighted by Crippen LogP contribution is -2.33. The van der Waals surface area contributed by atoms with E-state index in [0.717, 1.165) is 16.0 Å². The Morgan fingerprint density at radius 1 is 1.18 bits per heavy atom. The van der Waals surface area contributed by atoms with Crippen molar-refractivity contribution in [2.24, 2.45) is 0 Å². The highest BCUT2D eigenvalue weighted by molar-refractivity contribution is 6.40. The molecular weight excluding hydrogens is 448 g/mol. The second kappa shape index (κ2) is 10.5. The van der Waals surface area contributed by atoms with Gasteiger partial charge in [0.05, 0.1) is 25.8 Å². The first-order valence-corrected chi connectivity index (χ1v) is 10.9. The first-order chi connectivity index (χ1) is 15.8. The molecule has 8 nitrogen and oxygen atoms in total. The number of rotatable bonds is 8. The number of hydrogen-bond donors (Lipinski definition) is 0. The maximum absolute atomic E-state index is 13.4. The summed E-state index contributed by atoms with van der Waals surface area (Å²) in [6, 6.07) is 11.9. The number of halogens is 1. The zero-order valence-corrected chi connectivity index (χ0v) is 19.4. The van der Waals surface area contributed by atoms with Gasteiger partial charge in [-0.15, -0.1) is 0 Å². The van der Waals surface area contributed by atoms with E-state index in [1.165, 1.54) is 7.11 Å². The highest BCUT2D eigenvalue weighted by atomic mass is 35.5. The molecule has 2 amide bonds. The zero-order valence-electron chi connectivity index (χ0n) is 18.7. The molecule has 0 bridgehead atoms. The van der Waals surface area contributed by atoms with E-state index in [9.17, 15) is 19.7 Å². The number of nitro groups is 1. The van der Waals surface area contributed by atoms with Crippen molar-refractivity contribution in [2.45, 2.75) is 32.1 Å². The summed E-state index contributed by atoms with van der Waals surface area (Å²) in [7, 11) is 2.76. The molecule has 1 aliphatic rings. The van der Waals surface area contributed by atoms with Crippen LogP contribution in [0.5, 0.6) is 5.75 Å². The number of methoxy groups -OCH3 is 2. The van der Waals surface area contributed by atoms with Gasteiger partial charge in [0, 0.05) is 21.1 Å². The fourth-order valence-electron chi connectivity index (χ4n) is 4.13. The van der Waals surface area contributed by atoms with Crippen LogP contribution < -0.4 is 9.64 Å². The molecular formula is C24H25ClN2O6. The van der Waals surface area contributed by atoms with E-state index < -0.39 is 17.9 Å². The molecule has 1 heterocycles. The van der Waals surface area contributed by atoms with Gasteiger partial charge in [-0.3, -0.25) is 14.9 Å². The van der Waals surface area contributed by atoms with E-state index in [-0.39, 0.29) is 17.9 Å². The standard InChI is InChI=1S/C24H25ClN2O6/c1-4-5-16(12-17(14-26(30)31)15-6-9-19(32-2)10-7-15)22-20-13-18(25)8-11-21(20)27(23(22)28)24(29)33-3/h6-11,13,17H,4-5,12,14H2,1-3H3/b22-16-/t17-/m0/s1. The van der Waals surface area contributed by atoms with Gasteiger partial charge in [0.1, 0.15) is 5.75 Å². The van der Waals surface area contributed by atoms with Crippen LogP contribution in [-0.4, -0.2) is 37.7 Å². The molecule has 0 fully saturated rings. The molecule has 0 aromatic heterocycles. The van der Waals surface area contributed by atoms with E-state index >= 15 is 0 Å². The Bertz CT molecular complexity index is 1100. The number of nitrogens with zero attached hydrogens (tertiary/aromatic N) is 2. The van der Waals surface area contributed by atoms with Crippen LogP contribution in [0, 0.1) is 10.1 Å². The SMILES string of the molecule is CCC/C(C[C@@H](C[N+](=O)[O-])c1ccc(OC)cc1)=C1/C(=O)N(C(=O)OC)c2ccc(Cl)cc21. The Balaban J connectivity index is 2.12. The van der Waals surface area contributed by atoms with E-state index in [0.29, 0.717) is 40.4 Å². The molecule has 2 aromatic carbocycles. The summed E-state index contributed by atoms with van der Waals surface area (Å²) in [4.78, 5) is 37.8. The van der Waals surface area contributed by atoms with Crippen LogP contribution in [0.25, 0.3) is 5.57 Å². The molecule has 3 rings (SSSR count). The molecule has 9 heteroatoms. The molecule has 1 aliphatic heterocycles. The zero-order chi connectivity index (χ0) is 24.1. The molecule has 33 heavy (non-hydrogen) atoms. The minimum atomic E-state index is -0.800. The fourth-order valence-corrected chi connectivity index (χ4v) is 4.30.